The molecule has 0 aliphatic carbocycles. The van der Waals surface area contributed by atoms with Gasteiger partial charge in [-0.15, -0.1) is 0 Å². The number of likely N-dealkylation sites (tertiary alicyclic amines) is 1. The van der Waals surface area contributed by atoms with Crippen LogP contribution in [0.25, 0.3) is 0 Å². The van der Waals surface area contributed by atoms with Crippen molar-refractivity contribution in [1.82, 2.24) is 4.90 Å². The lowest BCUT2D eigenvalue weighted by Crippen LogP contribution is -2.44. The zero-order valence-corrected chi connectivity index (χ0v) is 19.9. The smallest absolute Gasteiger partial charge is 0.410 e. The lowest BCUT2D eigenvalue weighted by atomic mass is 10.0. The number of ether oxygens (including phenoxy) is 1. The largest absolute Gasteiger partial charge is 0.544 e. The third-order valence-corrected chi connectivity index (χ3v) is 9.91. The molecule has 0 atom stereocenters. The highest BCUT2D eigenvalue weighted by Crippen LogP contribution is 2.37. The molecule has 0 spiro atoms. The Labute approximate surface area is 171 Å². The van der Waals surface area contributed by atoms with Crippen LogP contribution in [0.4, 0.5) is 10.5 Å². The fourth-order valence-corrected chi connectivity index (χ4v) is 3.87. The first kappa shape index (κ1) is 22.6. The summed E-state index contributed by atoms with van der Waals surface area (Å²) in [5.41, 5.74) is 0.652. The van der Waals surface area contributed by atoms with Gasteiger partial charge in [0, 0.05) is 24.8 Å². The number of anilines is 1. The topological polar surface area (TPSA) is 50.8 Å². The van der Waals surface area contributed by atoms with Crippen molar-refractivity contribution < 1.29 is 14.0 Å². The van der Waals surface area contributed by atoms with E-state index in [1.807, 2.05) is 20.8 Å². The number of carbonyl (C=O) groups excluding carboxylic acids is 1. The van der Waals surface area contributed by atoms with Crippen molar-refractivity contribution in [2.75, 3.05) is 18.4 Å². The van der Waals surface area contributed by atoms with Gasteiger partial charge in [-0.1, -0.05) is 20.8 Å². The molecular formula is C22H38N2O3Si. The van der Waals surface area contributed by atoms with Gasteiger partial charge < -0.3 is 19.4 Å². The molecule has 6 heteroatoms. The maximum Gasteiger partial charge on any atom is 0.410 e. The quantitative estimate of drug-likeness (QED) is 0.634. The first-order valence-corrected chi connectivity index (χ1v) is 13.2. The Morgan fingerprint density at radius 1 is 1.04 bits per heavy atom. The van der Waals surface area contributed by atoms with Crippen molar-refractivity contribution in [3.63, 3.8) is 0 Å². The van der Waals surface area contributed by atoms with Gasteiger partial charge in [0.2, 0.25) is 8.32 Å². The molecule has 2 rings (SSSR count). The Hall–Kier alpha value is -1.69. The standard InChI is InChI=1S/C22H38N2O3Si/c1-21(2,3)26-20(25)24-15-13-18(14-16-24)23-17-9-11-19(12-10-17)27-28(7,8)22(4,5)6/h9-12,18,23H,13-16H2,1-8H3. The molecule has 1 heterocycles. The second-order valence-corrected chi connectivity index (χ2v) is 15.0. The minimum Gasteiger partial charge on any atom is -0.544 e. The maximum absolute atomic E-state index is 12.2. The molecule has 1 aromatic carbocycles. The van der Waals surface area contributed by atoms with Gasteiger partial charge in [-0.3, -0.25) is 0 Å². The maximum atomic E-state index is 12.2. The number of amides is 1. The van der Waals surface area contributed by atoms with E-state index in [1.165, 1.54) is 0 Å². The SMILES string of the molecule is CC(C)(C)OC(=O)N1CCC(Nc2ccc(O[Si](C)(C)C(C)(C)C)cc2)CC1. The molecule has 1 N–H and O–H groups in total. The lowest BCUT2D eigenvalue weighted by Gasteiger charge is -2.36. The van der Waals surface area contributed by atoms with Crippen LogP contribution >= 0.6 is 0 Å². The second-order valence-electron chi connectivity index (χ2n) is 10.3. The van der Waals surface area contributed by atoms with E-state index in [0.29, 0.717) is 6.04 Å². The van der Waals surface area contributed by atoms with E-state index in [4.69, 9.17) is 9.16 Å². The van der Waals surface area contributed by atoms with Crippen molar-refractivity contribution in [3.05, 3.63) is 24.3 Å². The van der Waals surface area contributed by atoms with Crippen molar-refractivity contribution in [3.8, 4) is 5.75 Å². The van der Waals surface area contributed by atoms with E-state index in [9.17, 15) is 4.79 Å². The zero-order chi connectivity index (χ0) is 21.2. The molecule has 1 aliphatic rings. The highest BCUT2D eigenvalue weighted by molar-refractivity contribution is 6.74. The molecule has 28 heavy (non-hydrogen) atoms. The van der Waals surface area contributed by atoms with Crippen LogP contribution in [0.5, 0.6) is 5.75 Å². The Morgan fingerprint density at radius 3 is 2.04 bits per heavy atom. The predicted molar refractivity (Wildman–Crippen MR) is 119 cm³/mol. The molecule has 1 fully saturated rings. The molecule has 0 radical (unpaired) electrons. The molecule has 1 amide bonds. The van der Waals surface area contributed by atoms with Gasteiger partial charge in [-0.05, 0) is 76.0 Å². The van der Waals surface area contributed by atoms with E-state index in [1.54, 1.807) is 4.90 Å². The van der Waals surface area contributed by atoms with E-state index in [2.05, 4.69) is 63.4 Å². The molecule has 1 saturated heterocycles. The summed E-state index contributed by atoms with van der Waals surface area (Å²) in [6.45, 7) is 18.4. The second kappa shape index (κ2) is 8.35. The minimum atomic E-state index is -1.81. The van der Waals surface area contributed by atoms with E-state index >= 15 is 0 Å². The van der Waals surface area contributed by atoms with E-state index in [0.717, 1.165) is 37.4 Å². The molecule has 1 aromatic rings. The zero-order valence-electron chi connectivity index (χ0n) is 18.9. The van der Waals surface area contributed by atoms with Gasteiger partial charge in [-0.25, -0.2) is 4.79 Å². The van der Waals surface area contributed by atoms with Crippen molar-refractivity contribution >= 4 is 20.1 Å². The number of carbonyl (C=O) groups is 1. The average Bonchev–Trinajstić information content (AvgIpc) is 2.54. The molecule has 0 aromatic heterocycles. The summed E-state index contributed by atoms with van der Waals surface area (Å²) < 4.78 is 11.8. The van der Waals surface area contributed by atoms with E-state index in [-0.39, 0.29) is 11.1 Å². The van der Waals surface area contributed by atoms with Crippen LogP contribution in [0.3, 0.4) is 0 Å². The number of hydrogen-bond acceptors (Lipinski definition) is 4. The fraction of sp³-hybridized carbons (Fsp3) is 0.682. The van der Waals surface area contributed by atoms with Gasteiger partial charge in [0.15, 0.2) is 0 Å². The summed E-state index contributed by atoms with van der Waals surface area (Å²) in [6.07, 6.45) is 1.63. The number of rotatable bonds is 4. The monoisotopic (exact) mass is 406 g/mol. The Bertz CT molecular complexity index is 652. The van der Waals surface area contributed by atoms with Gasteiger partial charge in [0.25, 0.3) is 0 Å². The summed E-state index contributed by atoms with van der Waals surface area (Å²) in [4.78, 5) is 14.0. The highest BCUT2D eigenvalue weighted by Gasteiger charge is 2.38. The third kappa shape index (κ3) is 6.43. The van der Waals surface area contributed by atoms with Crippen molar-refractivity contribution in [2.24, 2.45) is 0 Å². The first-order chi connectivity index (χ1) is 12.8. The number of piperidine rings is 1. The third-order valence-electron chi connectivity index (χ3n) is 5.55. The van der Waals surface area contributed by atoms with Crippen LogP contribution < -0.4 is 9.74 Å². The van der Waals surface area contributed by atoms with Gasteiger partial charge in [0.1, 0.15) is 11.4 Å². The first-order valence-electron chi connectivity index (χ1n) is 10.3. The van der Waals surface area contributed by atoms with Crippen molar-refractivity contribution in [2.45, 2.75) is 84.2 Å². The normalized spacial score (nSPS) is 16.6. The van der Waals surface area contributed by atoms with Gasteiger partial charge in [-0.2, -0.15) is 0 Å². The molecular weight excluding hydrogens is 368 g/mol. The van der Waals surface area contributed by atoms with Gasteiger partial charge >= 0.3 is 6.09 Å². The van der Waals surface area contributed by atoms with Crippen LogP contribution in [0.15, 0.2) is 24.3 Å². The van der Waals surface area contributed by atoms with Gasteiger partial charge in [0.05, 0.1) is 0 Å². The molecule has 5 nitrogen and oxygen atoms in total. The minimum absolute atomic E-state index is 0.187. The summed E-state index contributed by atoms with van der Waals surface area (Å²) in [6, 6.07) is 8.65. The Balaban J connectivity index is 1.85. The predicted octanol–water partition coefficient (Wildman–Crippen LogP) is 5.88. The summed E-state index contributed by atoms with van der Waals surface area (Å²) in [7, 11) is -1.81. The number of benzene rings is 1. The highest BCUT2D eigenvalue weighted by atomic mass is 28.4. The van der Waals surface area contributed by atoms with Crippen LogP contribution in [0.2, 0.25) is 18.1 Å². The van der Waals surface area contributed by atoms with Crippen LogP contribution in [0.1, 0.15) is 54.4 Å². The van der Waals surface area contributed by atoms with Crippen LogP contribution in [-0.2, 0) is 4.74 Å². The molecule has 0 bridgehead atoms. The lowest BCUT2D eigenvalue weighted by molar-refractivity contribution is 0.0210. The Morgan fingerprint density at radius 2 is 1.57 bits per heavy atom. The molecule has 0 unspecified atom stereocenters. The van der Waals surface area contributed by atoms with Crippen LogP contribution in [-0.4, -0.2) is 44.0 Å². The van der Waals surface area contributed by atoms with E-state index < -0.39 is 13.9 Å². The van der Waals surface area contributed by atoms with Crippen molar-refractivity contribution in [1.29, 1.82) is 0 Å². The fourth-order valence-electron chi connectivity index (χ4n) is 2.84. The Kier molecular flexibility index (Phi) is 6.74. The summed E-state index contributed by atoms with van der Waals surface area (Å²) >= 11 is 0. The van der Waals surface area contributed by atoms with Crippen LogP contribution in [0, 0.1) is 0 Å². The average molecular weight is 407 g/mol. The molecule has 158 valence electrons. The number of nitrogens with one attached hydrogen (secondary N) is 1. The molecule has 1 aliphatic heterocycles. The summed E-state index contributed by atoms with van der Waals surface area (Å²) in [5.74, 6) is 0.942. The molecule has 0 saturated carbocycles. The summed E-state index contributed by atoms with van der Waals surface area (Å²) in [5, 5.41) is 3.77. The number of hydrogen-bond donors (Lipinski definition) is 1. The number of nitrogens with zero attached hydrogens (tertiary/aromatic N) is 1.